The van der Waals surface area contributed by atoms with Gasteiger partial charge in [0, 0.05) is 12.5 Å². The molecule has 26 heavy (non-hydrogen) atoms. The number of rotatable bonds is 6. The van der Waals surface area contributed by atoms with Gasteiger partial charge in [-0.05, 0) is 42.3 Å². The van der Waals surface area contributed by atoms with Gasteiger partial charge in [0.05, 0.1) is 19.9 Å². The van der Waals surface area contributed by atoms with Crippen molar-refractivity contribution in [2.45, 2.75) is 19.4 Å². The largest absolute Gasteiger partial charge is 0.493 e. The highest BCUT2D eigenvalue weighted by molar-refractivity contribution is 5.85. The van der Waals surface area contributed by atoms with E-state index in [1.165, 1.54) is 5.56 Å². The smallest absolute Gasteiger partial charge is 0.161 e. The van der Waals surface area contributed by atoms with Crippen LogP contribution in [-0.4, -0.2) is 29.0 Å². The van der Waals surface area contributed by atoms with E-state index in [9.17, 15) is 0 Å². The van der Waals surface area contributed by atoms with Gasteiger partial charge in [-0.25, -0.2) is 9.67 Å². The van der Waals surface area contributed by atoms with E-state index < -0.39 is 0 Å². The minimum atomic E-state index is -0.229. The molecule has 0 aliphatic heterocycles. The second-order valence-corrected chi connectivity index (χ2v) is 5.85. The predicted molar refractivity (Wildman–Crippen MR) is 104 cm³/mol. The molecule has 1 unspecified atom stereocenters. The fourth-order valence-electron chi connectivity index (χ4n) is 2.78. The number of hydrogen-bond acceptors (Lipinski definition) is 5. The van der Waals surface area contributed by atoms with Crippen molar-refractivity contribution in [2.24, 2.45) is 5.73 Å². The standard InChI is InChI=1S/C19H22N4O2.ClH/c1-13-5-4-6-15(9-13)23-19(21-12-22-23)11-16(20)14-7-8-17(24-2)18(10-14)25-3;/h4-10,12,16H,11,20H2,1-3H3;1H. The van der Waals surface area contributed by atoms with E-state index in [1.807, 2.05) is 35.0 Å². The molecule has 0 bridgehead atoms. The van der Waals surface area contributed by atoms with E-state index in [0.717, 1.165) is 17.1 Å². The van der Waals surface area contributed by atoms with Gasteiger partial charge in [-0.15, -0.1) is 12.4 Å². The number of hydrogen-bond donors (Lipinski definition) is 1. The Kier molecular flexibility index (Phi) is 6.60. The van der Waals surface area contributed by atoms with Gasteiger partial charge >= 0.3 is 0 Å². The van der Waals surface area contributed by atoms with Crippen molar-refractivity contribution in [1.82, 2.24) is 14.8 Å². The fraction of sp³-hybridized carbons (Fsp3) is 0.263. The van der Waals surface area contributed by atoms with Gasteiger partial charge in [0.25, 0.3) is 0 Å². The van der Waals surface area contributed by atoms with Gasteiger partial charge in [-0.3, -0.25) is 0 Å². The number of aryl methyl sites for hydroxylation is 1. The first kappa shape index (κ1) is 19.8. The molecule has 138 valence electrons. The SMILES string of the molecule is COc1ccc(C(N)Cc2ncnn2-c2cccc(C)c2)cc1OC.Cl. The van der Waals surface area contributed by atoms with E-state index in [2.05, 4.69) is 29.1 Å². The molecule has 0 aliphatic rings. The molecule has 0 saturated carbocycles. The molecular weight excluding hydrogens is 352 g/mol. The fourth-order valence-corrected chi connectivity index (χ4v) is 2.78. The highest BCUT2D eigenvalue weighted by Crippen LogP contribution is 2.30. The molecule has 0 amide bonds. The number of benzene rings is 2. The Morgan fingerprint density at radius 1 is 1.08 bits per heavy atom. The van der Waals surface area contributed by atoms with Gasteiger partial charge in [-0.2, -0.15) is 5.10 Å². The number of aromatic nitrogens is 3. The molecule has 1 aromatic heterocycles. The van der Waals surface area contributed by atoms with Crippen molar-refractivity contribution in [3.05, 3.63) is 65.7 Å². The minimum Gasteiger partial charge on any atom is -0.493 e. The van der Waals surface area contributed by atoms with Crippen LogP contribution in [0.25, 0.3) is 5.69 Å². The molecule has 0 spiro atoms. The van der Waals surface area contributed by atoms with E-state index in [-0.39, 0.29) is 18.4 Å². The second kappa shape index (κ2) is 8.69. The molecule has 0 fully saturated rings. The summed E-state index contributed by atoms with van der Waals surface area (Å²) in [6.45, 7) is 2.05. The number of nitrogens with zero attached hydrogens (tertiary/aromatic N) is 3. The Balaban J connectivity index is 0.00000243. The third-order valence-corrected chi connectivity index (χ3v) is 4.10. The molecule has 3 aromatic rings. The summed E-state index contributed by atoms with van der Waals surface area (Å²) < 4.78 is 12.5. The number of methoxy groups -OCH3 is 2. The van der Waals surface area contributed by atoms with Gasteiger partial charge in [0.2, 0.25) is 0 Å². The number of ether oxygens (including phenoxy) is 2. The summed E-state index contributed by atoms with van der Waals surface area (Å²) in [6.07, 6.45) is 2.11. The van der Waals surface area contributed by atoms with Crippen LogP contribution in [0.1, 0.15) is 23.0 Å². The molecular formula is C19H23ClN4O2. The van der Waals surface area contributed by atoms with Crippen LogP contribution in [0.5, 0.6) is 11.5 Å². The average molecular weight is 375 g/mol. The maximum Gasteiger partial charge on any atom is 0.161 e. The van der Waals surface area contributed by atoms with Crippen LogP contribution in [0, 0.1) is 6.92 Å². The summed E-state index contributed by atoms with van der Waals surface area (Å²) in [5.41, 5.74) is 9.50. The van der Waals surface area contributed by atoms with Crippen LogP contribution >= 0.6 is 12.4 Å². The maximum atomic E-state index is 6.40. The summed E-state index contributed by atoms with van der Waals surface area (Å²) in [7, 11) is 3.23. The van der Waals surface area contributed by atoms with Crippen LogP contribution in [-0.2, 0) is 6.42 Å². The van der Waals surface area contributed by atoms with Crippen molar-refractivity contribution in [3.63, 3.8) is 0 Å². The Labute approximate surface area is 159 Å². The van der Waals surface area contributed by atoms with Crippen molar-refractivity contribution in [2.75, 3.05) is 14.2 Å². The van der Waals surface area contributed by atoms with Gasteiger partial charge in [0.1, 0.15) is 12.2 Å². The molecule has 1 heterocycles. The van der Waals surface area contributed by atoms with Gasteiger partial charge in [-0.1, -0.05) is 18.2 Å². The lowest BCUT2D eigenvalue weighted by atomic mass is 10.0. The maximum absolute atomic E-state index is 6.40. The Morgan fingerprint density at radius 3 is 2.54 bits per heavy atom. The lowest BCUT2D eigenvalue weighted by Gasteiger charge is -2.15. The number of nitrogens with two attached hydrogens (primary N) is 1. The first-order valence-corrected chi connectivity index (χ1v) is 8.06. The van der Waals surface area contributed by atoms with Crippen LogP contribution in [0.2, 0.25) is 0 Å². The normalized spacial score (nSPS) is 11.5. The third kappa shape index (κ3) is 4.15. The second-order valence-electron chi connectivity index (χ2n) is 5.85. The number of halogens is 1. The van der Waals surface area contributed by atoms with Crippen LogP contribution in [0.3, 0.4) is 0 Å². The lowest BCUT2D eigenvalue weighted by Crippen LogP contribution is -2.16. The summed E-state index contributed by atoms with van der Waals surface area (Å²) in [5, 5.41) is 4.34. The third-order valence-electron chi connectivity index (χ3n) is 4.10. The van der Waals surface area contributed by atoms with Crippen molar-refractivity contribution in [3.8, 4) is 17.2 Å². The van der Waals surface area contributed by atoms with E-state index in [0.29, 0.717) is 17.9 Å². The zero-order chi connectivity index (χ0) is 17.8. The first-order chi connectivity index (χ1) is 12.1. The Bertz CT molecular complexity index is 866. The summed E-state index contributed by atoms with van der Waals surface area (Å²) in [6, 6.07) is 13.6. The first-order valence-electron chi connectivity index (χ1n) is 8.06. The van der Waals surface area contributed by atoms with Crippen LogP contribution in [0.4, 0.5) is 0 Å². The highest BCUT2D eigenvalue weighted by atomic mass is 35.5. The monoisotopic (exact) mass is 374 g/mol. The van der Waals surface area contributed by atoms with Crippen LogP contribution < -0.4 is 15.2 Å². The van der Waals surface area contributed by atoms with E-state index in [4.69, 9.17) is 15.2 Å². The molecule has 6 nitrogen and oxygen atoms in total. The molecule has 2 N–H and O–H groups in total. The predicted octanol–water partition coefficient (Wildman–Crippen LogP) is 3.26. The van der Waals surface area contributed by atoms with E-state index in [1.54, 1.807) is 20.5 Å². The highest BCUT2D eigenvalue weighted by Gasteiger charge is 2.15. The minimum absolute atomic E-state index is 0. The quantitative estimate of drug-likeness (QED) is 0.716. The molecule has 0 saturated heterocycles. The lowest BCUT2D eigenvalue weighted by molar-refractivity contribution is 0.354. The molecule has 3 rings (SSSR count). The molecule has 1 atom stereocenters. The van der Waals surface area contributed by atoms with Gasteiger partial charge < -0.3 is 15.2 Å². The zero-order valence-electron chi connectivity index (χ0n) is 15.0. The topological polar surface area (TPSA) is 75.2 Å². The van der Waals surface area contributed by atoms with Crippen molar-refractivity contribution in [1.29, 1.82) is 0 Å². The Morgan fingerprint density at radius 2 is 1.85 bits per heavy atom. The van der Waals surface area contributed by atoms with Crippen LogP contribution in [0.15, 0.2) is 48.8 Å². The average Bonchev–Trinajstić information content (AvgIpc) is 3.09. The summed E-state index contributed by atoms with van der Waals surface area (Å²) in [4.78, 5) is 4.38. The Hall–Kier alpha value is -2.57. The zero-order valence-corrected chi connectivity index (χ0v) is 15.9. The summed E-state index contributed by atoms with van der Waals surface area (Å²) >= 11 is 0. The molecule has 7 heteroatoms. The summed E-state index contributed by atoms with van der Waals surface area (Å²) in [5.74, 6) is 2.16. The van der Waals surface area contributed by atoms with E-state index >= 15 is 0 Å². The van der Waals surface area contributed by atoms with Crippen molar-refractivity contribution >= 4 is 12.4 Å². The van der Waals surface area contributed by atoms with Crippen molar-refractivity contribution < 1.29 is 9.47 Å². The molecule has 2 aromatic carbocycles. The van der Waals surface area contributed by atoms with Gasteiger partial charge in [0.15, 0.2) is 11.5 Å². The molecule has 0 aliphatic carbocycles. The molecule has 0 radical (unpaired) electrons.